The van der Waals surface area contributed by atoms with Crippen LogP contribution >= 0.6 is 0 Å². The number of amides is 1. The van der Waals surface area contributed by atoms with E-state index in [0.717, 1.165) is 29.9 Å². The van der Waals surface area contributed by atoms with Crippen LogP contribution in [0.3, 0.4) is 0 Å². The summed E-state index contributed by atoms with van der Waals surface area (Å²) in [5.41, 5.74) is 3.62. The molecule has 2 N–H and O–H groups in total. The molecule has 2 heterocycles. The Balaban J connectivity index is 1.97. The Morgan fingerprint density at radius 1 is 1.33 bits per heavy atom. The van der Waals surface area contributed by atoms with Gasteiger partial charge < -0.3 is 19.4 Å². The van der Waals surface area contributed by atoms with Crippen molar-refractivity contribution < 1.29 is 19.1 Å². The van der Waals surface area contributed by atoms with Crippen molar-refractivity contribution in [1.29, 1.82) is 0 Å². The molecular formula is C16H18N4O4. The standard InChI is InChI=1S/C16H18N4O4/c1-23-15(21)13-5-10(19-16(22)24-2)6-14-12(13)3-4-20(14)8-11-7-17-9-18-11/h5-7,9H,3-4,8H2,1-2H3,(H,17,18)(H,19,22). The first-order valence-corrected chi connectivity index (χ1v) is 7.45. The van der Waals surface area contributed by atoms with Crippen LogP contribution in [0.15, 0.2) is 24.7 Å². The van der Waals surface area contributed by atoms with Gasteiger partial charge in [-0.15, -0.1) is 0 Å². The molecule has 1 aromatic heterocycles. The SMILES string of the molecule is COC(=O)Nc1cc(C(=O)OC)c2c(c1)N(Cc1c[nH]cn1)CC2. The van der Waals surface area contributed by atoms with Crippen LogP contribution in [-0.2, 0) is 22.4 Å². The fraction of sp³-hybridized carbons (Fsp3) is 0.312. The van der Waals surface area contributed by atoms with E-state index in [1.807, 2.05) is 12.3 Å². The number of anilines is 2. The van der Waals surface area contributed by atoms with Gasteiger partial charge in [-0.3, -0.25) is 5.32 Å². The number of hydrogen-bond acceptors (Lipinski definition) is 6. The number of esters is 1. The van der Waals surface area contributed by atoms with Crippen molar-refractivity contribution >= 4 is 23.4 Å². The summed E-state index contributed by atoms with van der Waals surface area (Å²) in [6, 6.07) is 3.44. The van der Waals surface area contributed by atoms with E-state index in [9.17, 15) is 9.59 Å². The van der Waals surface area contributed by atoms with Crippen molar-refractivity contribution in [1.82, 2.24) is 9.97 Å². The average Bonchev–Trinajstić information content (AvgIpc) is 3.24. The second kappa shape index (κ2) is 6.61. The molecule has 0 bridgehead atoms. The minimum atomic E-state index is -0.595. The number of benzene rings is 1. The number of ether oxygens (including phenoxy) is 2. The molecule has 0 spiro atoms. The molecule has 0 fully saturated rings. The van der Waals surface area contributed by atoms with Crippen LogP contribution in [0, 0.1) is 0 Å². The Bertz CT molecular complexity index is 758. The van der Waals surface area contributed by atoms with E-state index in [1.54, 1.807) is 12.4 Å². The molecular weight excluding hydrogens is 312 g/mol. The molecule has 0 saturated carbocycles. The number of nitrogens with one attached hydrogen (secondary N) is 2. The largest absolute Gasteiger partial charge is 0.465 e. The maximum atomic E-state index is 12.1. The van der Waals surface area contributed by atoms with Crippen LogP contribution in [0.5, 0.6) is 0 Å². The summed E-state index contributed by atoms with van der Waals surface area (Å²) < 4.78 is 9.49. The van der Waals surface area contributed by atoms with Crippen LogP contribution in [0.2, 0.25) is 0 Å². The van der Waals surface area contributed by atoms with Gasteiger partial charge in [0.1, 0.15) is 0 Å². The lowest BCUT2D eigenvalue weighted by Crippen LogP contribution is -2.20. The number of aromatic amines is 1. The zero-order valence-electron chi connectivity index (χ0n) is 13.5. The monoisotopic (exact) mass is 330 g/mol. The van der Waals surface area contributed by atoms with Crippen LogP contribution in [-0.4, -0.2) is 42.8 Å². The van der Waals surface area contributed by atoms with E-state index in [2.05, 4.69) is 24.9 Å². The van der Waals surface area contributed by atoms with Crippen molar-refractivity contribution in [3.8, 4) is 0 Å². The molecule has 0 radical (unpaired) electrons. The minimum Gasteiger partial charge on any atom is -0.465 e. The molecule has 0 atom stereocenters. The topological polar surface area (TPSA) is 96.5 Å². The van der Waals surface area contributed by atoms with Gasteiger partial charge in [0, 0.05) is 24.1 Å². The number of methoxy groups -OCH3 is 2. The van der Waals surface area contributed by atoms with Crippen molar-refractivity contribution in [2.24, 2.45) is 0 Å². The third kappa shape index (κ3) is 3.03. The molecule has 0 saturated heterocycles. The van der Waals surface area contributed by atoms with Crippen molar-refractivity contribution in [2.45, 2.75) is 13.0 Å². The van der Waals surface area contributed by atoms with Crippen molar-refractivity contribution in [3.05, 3.63) is 41.5 Å². The number of carbonyl (C=O) groups excluding carboxylic acids is 2. The third-order valence-electron chi connectivity index (χ3n) is 3.94. The first-order chi connectivity index (χ1) is 11.6. The van der Waals surface area contributed by atoms with E-state index in [1.165, 1.54) is 14.2 Å². The van der Waals surface area contributed by atoms with Gasteiger partial charge in [-0.25, -0.2) is 14.6 Å². The highest BCUT2D eigenvalue weighted by molar-refractivity contribution is 5.97. The number of carbonyl (C=O) groups is 2. The van der Waals surface area contributed by atoms with Crippen molar-refractivity contribution in [3.63, 3.8) is 0 Å². The highest BCUT2D eigenvalue weighted by atomic mass is 16.5. The first-order valence-electron chi connectivity index (χ1n) is 7.45. The number of aromatic nitrogens is 2. The van der Waals surface area contributed by atoms with Crippen LogP contribution in [0.25, 0.3) is 0 Å². The molecule has 3 rings (SSSR count). The molecule has 2 aromatic rings. The summed E-state index contributed by atoms with van der Waals surface area (Å²) in [6.07, 6.45) is 3.59. The molecule has 1 aliphatic heterocycles. The van der Waals surface area contributed by atoms with Gasteiger partial charge in [-0.05, 0) is 24.1 Å². The molecule has 126 valence electrons. The summed E-state index contributed by atoms with van der Waals surface area (Å²) in [4.78, 5) is 32.9. The number of hydrogen-bond donors (Lipinski definition) is 2. The Morgan fingerprint density at radius 2 is 2.17 bits per heavy atom. The summed E-state index contributed by atoms with van der Waals surface area (Å²) >= 11 is 0. The molecule has 24 heavy (non-hydrogen) atoms. The lowest BCUT2D eigenvalue weighted by molar-refractivity contribution is 0.0599. The number of fused-ring (bicyclic) bond motifs is 1. The molecule has 1 amide bonds. The summed E-state index contributed by atoms with van der Waals surface area (Å²) in [5.74, 6) is -0.429. The Hall–Kier alpha value is -3.03. The third-order valence-corrected chi connectivity index (χ3v) is 3.94. The number of H-pyrrole nitrogens is 1. The van der Waals surface area contributed by atoms with E-state index >= 15 is 0 Å². The minimum absolute atomic E-state index is 0.429. The zero-order chi connectivity index (χ0) is 17.1. The Labute approximate surface area is 138 Å². The van der Waals surface area contributed by atoms with Gasteiger partial charge in [0.2, 0.25) is 0 Å². The smallest absolute Gasteiger partial charge is 0.411 e. The van der Waals surface area contributed by atoms with Gasteiger partial charge in [0.05, 0.1) is 38.3 Å². The predicted molar refractivity (Wildman–Crippen MR) is 87.2 cm³/mol. The summed E-state index contributed by atoms with van der Waals surface area (Å²) in [7, 11) is 2.62. The van der Waals surface area contributed by atoms with Crippen LogP contribution in [0.1, 0.15) is 21.6 Å². The average molecular weight is 330 g/mol. The van der Waals surface area contributed by atoms with E-state index in [4.69, 9.17) is 4.74 Å². The van der Waals surface area contributed by atoms with Gasteiger partial charge >= 0.3 is 12.1 Å². The lowest BCUT2D eigenvalue weighted by Gasteiger charge is -2.19. The van der Waals surface area contributed by atoms with Crippen LogP contribution in [0.4, 0.5) is 16.2 Å². The Morgan fingerprint density at radius 3 is 2.83 bits per heavy atom. The van der Waals surface area contributed by atoms with Gasteiger partial charge in [-0.1, -0.05) is 0 Å². The highest BCUT2D eigenvalue weighted by Gasteiger charge is 2.27. The summed E-state index contributed by atoms with van der Waals surface area (Å²) in [5, 5.41) is 2.60. The molecule has 8 heteroatoms. The lowest BCUT2D eigenvalue weighted by atomic mass is 10.0. The Kier molecular flexibility index (Phi) is 4.37. The molecule has 1 aliphatic rings. The molecule has 0 aliphatic carbocycles. The number of nitrogens with zero attached hydrogens (tertiary/aromatic N) is 2. The van der Waals surface area contributed by atoms with Gasteiger partial charge in [0.15, 0.2) is 0 Å². The van der Waals surface area contributed by atoms with E-state index < -0.39 is 12.1 Å². The fourth-order valence-corrected chi connectivity index (χ4v) is 2.84. The fourth-order valence-electron chi connectivity index (χ4n) is 2.84. The van der Waals surface area contributed by atoms with Crippen LogP contribution < -0.4 is 10.2 Å². The normalized spacial score (nSPS) is 12.7. The van der Waals surface area contributed by atoms with Crippen molar-refractivity contribution in [2.75, 3.05) is 31.0 Å². The predicted octanol–water partition coefficient (Wildman–Crippen LogP) is 1.94. The van der Waals surface area contributed by atoms with E-state index in [-0.39, 0.29) is 0 Å². The van der Waals surface area contributed by atoms with Gasteiger partial charge in [-0.2, -0.15) is 0 Å². The zero-order valence-corrected chi connectivity index (χ0v) is 13.5. The molecule has 1 aromatic carbocycles. The maximum Gasteiger partial charge on any atom is 0.411 e. The van der Waals surface area contributed by atoms with Gasteiger partial charge in [0.25, 0.3) is 0 Å². The highest BCUT2D eigenvalue weighted by Crippen LogP contribution is 2.35. The number of imidazole rings is 1. The number of rotatable bonds is 4. The quantitative estimate of drug-likeness (QED) is 0.832. The first kappa shape index (κ1) is 15.9. The molecule has 8 nitrogen and oxygen atoms in total. The maximum absolute atomic E-state index is 12.1. The van der Waals surface area contributed by atoms with E-state index in [0.29, 0.717) is 17.8 Å². The second-order valence-corrected chi connectivity index (χ2v) is 5.36. The second-order valence-electron chi connectivity index (χ2n) is 5.36. The summed E-state index contributed by atoms with van der Waals surface area (Å²) in [6.45, 7) is 1.37. The molecule has 0 unspecified atom stereocenters.